The predicted octanol–water partition coefficient (Wildman–Crippen LogP) is 9.07. The summed E-state index contributed by atoms with van der Waals surface area (Å²) in [4.78, 5) is 0. The van der Waals surface area contributed by atoms with Crippen LogP contribution in [0.3, 0.4) is 0 Å². The van der Waals surface area contributed by atoms with E-state index in [1.807, 2.05) is 15.5 Å². The summed E-state index contributed by atoms with van der Waals surface area (Å²) >= 11 is -2.90. The van der Waals surface area contributed by atoms with Crippen LogP contribution in [0.4, 0.5) is 0 Å². The second-order valence-corrected chi connectivity index (χ2v) is 43.9. The monoisotopic (exact) mass is 741 g/mol. The van der Waals surface area contributed by atoms with Crippen molar-refractivity contribution in [2.24, 2.45) is 23.2 Å². The van der Waals surface area contributed by atoms with Crippen molar-refractivity contribution >= 4 is 11.9 Å². The van der Waals surface area contributed by atoms with Crippen molar-refractivity contribution in [3.05, 3.63) is 111 Å². The summed E-state index contributed by atoms with van der Waals surface area (Å²) in [5.41, 5.74) is 8.57. The van der Waals surface area contributed by atoms with Gasteiger partial charge in [0.15, 0.2) is 0 Å². The van der Waals surface area contributed by atoms with Crippen LogP contribution in [-0.4, -0.2) is 12.2 Å². The van der Waals surface area contributed by atoms with Gasteiger partial charge in [-0.05, 0) is 11.1 Å². The zero-order chi connectivity index (χ0) is 29.5. The van der Waals surface area contributed by atoms with Gasteiger partial charge in [-0.3, -0.25) is 0 Å². The molecule has 0 aromatic heterocycles. The molecule has 3 aromatic carbocycles. The molecule has 4 saturated carbocycles. The Morgan fingerprint density at radius 3 is 1.67 bits per heavy atom. The minimum Gasteiger partial charge on any atom is -0.0622 e. The van der Waals surface area contributed by atoms with Gasteiger partial charge in [-0.25, -0.2) is 0 Å². The summed E-state index contributed by atoms with van der Waals surface area (Å²) in [5, 5.41) is 1.69. The van der Waals surface area contributed by atoms with Gasteiger partial charge in [-0.2, -0.15) is 0 Å². The molecule has 0 heterocycles. The van der Waals surface area contributed by atoms with Crippen LogP contribution in [0.25, 0.3) is 11.1 Å². The van der Waals surface area contributed by atoms with Crippen molar-refractivity contribution in [3.63, 3.8) is 0 Å². The van der Waals surface area contributed by atoms with Crippen LogP contribution in [0.1, 0.15) is 73.1 Å². The molecule has 1 N–H and O–H groups in total. The molecule has 0 radical (unpaired) electrons. The quantitative estimate of drug-likeness (QED) is 0.249. The van der Waals surface area contributed by atoms with Crippen molar-refractivity contribution in [2.75, 3.05) is 0 Å². The molecule has 4 unspecified atom stereocenters. The van der Waals surface area contributed by atoms with Crippen LogP contribution in [0.2, 0.25) is 4.68 Å². The Bertz CT molecular complexity index is 1410. The third-order valence-electron chi connectivity index (χ3n) is 11.4. The van der Waals surface area contributed by atoms with E-state index >= 15 is 0 Å². The van der Waals surface area contributed by atoms with Crippen LogP contribution in [0.15, 0.2) is 111 Å². The maximum absolute atomic E-state index is 4.76. The number of nitrogens with one attached hydrogen (secondary N) is 1. The van der Waals surface area contributed by atoms with Gasteiger partial charge in [0.05, 0.1) is 0 Å². The van der Waals surface area contributed by atoms with Crippen molar-refractivity contribution in [1.82, 2.24) is 3.30 Å². The van der Waals surface area contributed by atoms with E-state index in [9.17, 15) is 0 Å². The predicted molar refractivity (Wildman–Crippen MR) is 181 cm³/mol. The zero-order valence-corrected chi connectivity index (χ0v) is 31.8. The molecule has 0 aliphatic heterocycles. The first kappa shape index (κ1) is 30.2. The number of rotatable bonds is 6. The first-order valence-corrected chi connectivity index (χ1v) is 32.6. The summed E-state index contributed by atoms with van der Waals surface area (Å²) < 4.78 is 9.51. The molecule has 0 spiro atoms. The van der Waals surface area contributed by atoms with Crippen molar-refractivity contribution in [1.29, 1.82) is 0 Å². The standard InChI is InChI=1S/C12H10.C11H18N.C9H13.C6H7Si.CH3.Hf/c1-3-7-11(8-4-1)12-9-5-2-6-10-12;1-10-3-8-2-9(4-10)6-11(12,5-8)7-10;1-6-5-7(2)9(4)8(6)3;7-6-4-2-1-3-5-6;;/h1-10H;8-9,12H,2-7H2,1H3;6H,1-4H3;1-5H,7H2;1H3;/q;-1;;;;+1. The molecule has 0 saturated heterocycles. The van der Waals surface area contributed by atoms with E-state index in [2.05, 4.69) is 118 Å². The summed E-state index contributed by atoms with van der Waals surface area (Å²) in [6.07, 6.45) is 8.95. The van der Waals surface area contributed by atoms with Gasteiger partial charge in [-0.15, -0.1) is 0 Å². The Hall–Kier alpha value is -1.81. The minimum atomic E-state index is -2.90. The maximum atomic E-state index is 4.76. The van der Waals surface area contributed by atoms with Gasteiger partial charge < -0.3 is 0 Å². The molecule has 1 nitrogen and oxygen atoms in total. The SMILES string of the molecule is CC1=C(C)C(C)[C]([Hf]([CH3])([NH]C23CC4CC(CC(C)(C4)C2)C3)[SiH2]c2ccccc2)=C1C.c1ccc(-c2ccccc2)cc1. The molecule has 4 atom stereocenters. The molecule has 220 valence electrons. The summed E-state index contributed by atoms with van der Waals surface area (Å²) in [5.74, 6) is 2.67. The zero-order valence-electron chi connectivity index (χ0n) is 26.8. The van der Waals surface area contributed by atoms with Crippen LogP contribution < -0.4 is 8.49 Å². The normalized spacial score (nSPS) is 31.4. The van der Waals surface area contributed by atoms with Crippen molar-refractivity contribution < 1.29 is 19.4 Å². The van der Waals surface area contributed by atoms with Gasteiger partial charge in [-0.1, -0.05) is 60.7 Å². The maximum Gasteiger partial charge on any atom is -0.0184 e. The Labute approximate surface area is 261 Å². The second-order valence-electron chi connectivity index (χ2n) is 15.0. The van der Waals surface area contributed by atoms with Crippen LogP contribution in [0.5, 0.6) is 0 Å². The fourth-order valence-electron chi connectivity index (χ4n) is 10.2. The Morgan fingerprint density at radius 1 is 0.714 bits per heavy atom. The van der Waals surface area contributed by atoms with Gasteiger partial charge in [0, 0.05) is 0 Å². The van der Waals surface area contributed by atoms with E-state index in [1.54, 1.807) is 21.9 Å². The van der Waals surface area contributed by atoms with E-state index < -0.39 is 19.4 Å². The minimum absolute atomic E-state index is 0.311. The third kappa shape index (κ3) is 6.08. The average Bonchev–Trinajstić information content (AvgIpc) is 3.15. The summed E-state index contributed by atoms with van der Waals surface area (Å²) in [7, 11) is 0. The summed E-state index contributed by atoms with van der Waals surface area (Å²) in [6.45, 7) is 12.1. The van der Waals surface area contributed by atoms with Crippen LogP contribution in [0, 0.1) is 23.2 Å². The largest absolute Gasteiger partial charge is 0.0622 e. The van der Waals surface area contributed by atoms with Crippen molar-refractivity contribution in [2.45, 2.75) is 83.4 Å². The number of hydrogen-bond donors (Lipinski definition) is 1. The van der Waals surface area contributed by atoms with E-state index in [-0.39, 0.29) is 6.71 Å². The van der Waals surface area contributed by atoms with E-state index in [0.29, 0.717) is 16.9 Å². The molecular formula is C39H51HfNSi. The number of allylic oxidation sites excluding steroid dienone is 4. The van der Waals surface area contributed by atoms with Crippen LogP contribution >= 0.6 is 0 Å². The fraction of sp³-hybridized carbons (Fsp3) is 0.436. The molecule has 3 aromatic rings. The second kappa shape index (κ2) is 11.9. The first-order chi connectivity index (χ1) is 20.1. The van der Waals surface area contributed by atoms with E-state index in [0.717, 1.165) is 11.8 Å². The number of benzene rings is 3. The molecular weight excluding hydrogens is 689 g/mol. The topological polar surface area (TPSA) is 12.0 Å². The molecule has 3 heteroatoms. The van der Waals surface area contributed by atoms with Crippen LogP contribution in [-0.2, 0) is 19.4 Å². The van der Waals surface area contributed by atoms with Crippen molar-refractivity contribution in [3.8, 4) is 11.1 Å². The smallest absolute Gasteiger partial charge is 0.0184 e. The first-order valence-electron chi connectivity index (χ1n) is 16.4. The van der Waals surface area contributed by atoms with Gasteiger partial charge in [0.2, 0.25) is 0 Å². The molecule has 0 amide bonds. The Balaban J connectivity index is 0.000000219. The Kier molecular flexibility index (Phi) is 8.59. The van der Waals surface area contributed by atoms with E-state index in [4.69, 9.17) is 3.30 Å². The molecule has 5 aliphatic carbocycles. The van der Waals surface area contributed by atoms with E-state index in [1.165, 1.54) is 49.7 Å². The Morgan fingerprint density at radius 2 is 1.21 bits per heavy atom. The summed E-state index contributed by atoms with van der Waals surface area (Å²) in [6, 6.07) is 32.4. The third-order valence-corrected chi connectivity index (χ3v) is 40.6. The molecule has 4 bridgehead atoms. The van der Waals surface area contributed by atoms with Gasteiger partial charge >= 0.3 is 192 Å². The average molecular weight is 740 g/mol. The molecule has 4 fully saturated rings. The van der Waals surface area contributed by atoms with Gasteiger partial charge in [0.25, 0.3) is 0 Å². The number of hydrogen-bond acceptors (Lipinski definition) is 1. The molecule has 42 heavy (non-hydrogen) atoms. The molecule has 8 rings (SSSR count). The fourth-order valence-corrected chi connectivity index (χ4v) is 47.5. The molecule has 5 aliphatic rings. The van der Waals surface area contributed by atoms with Gasteiger partial charge in [0.1, 0.15) is 0 Å².